The third kappa shape index (κ3) is 4.00. The number of hydrogen-bond donors (Lipinski definition) is 0. The molecule has 1 amide bonds. The Kier molecular flexibility index (Phi) is 5.78. The van der Waals surface area contributed by atoms with Gasteiger partial charge in [0, 0.05) is 27.2 Å². The average Bonchev–Trinajstić information content (AvgIpc) is 2.96. The van der Waals surface area contributed by atoms with Crippen molar-refractivity contribution in [1.82, 2.24) is 14.3 Å². The molecule has 0 N–H and O–H groups in total. The number of sulfonamides is 1. The van der Waals surface area contributed by atoms with E-state index < -0.39 is 10.0 Å². The van der Waals surface area contributed by atoms with Crippen LogP contribution < -0.4 is 9.80 Å². The number of para-hydroxylation sites is 2. The van der Waals surface area contributed by atoms with Crippen LogP contribution >= 0.6 is 0 Å². The summed E-state index contributed by atoms with van der Waals surface area (Å²) in [6.07, 6.45) is 0.697. The van der Waals surface area contributed by atoms with Crippen LogP contribution in [0.3, 0.4) is 0 Å². The summed E-state index contributed by atoms with van der Waals surface area (Å²) in [5.74, 6) is 0.635. The number of nitriles is 1. The van der Waals surface area contributed by atoms with Crippen molar-refractivity contribution in [3.05, 3.63) is 54.1 Å². The molecule has 0 saturated heterocycles. The van der Waals surface area contributed by atoms with Crippen LogP contribution in [0.1, 0.15) is 12.0 Å². The standard InChI is InChI=1S/C22H22N6O3S/c1-26-12-5-13-28(22-21(26)24-18-6-3-4-7-19(18)25-22)20(29)15-27(2)32(30,31)17-10-8-16(14-23)9-11-17/h3-4,6-11H,5,12-13,15H2,1-2H3. The maximum absolute atomic E-state index is 13.2. The first-order valence-electron chi connectivity index (χ1n) is 10.1. The van der Waals surface area contributed by atoms with Gasteiger partial charge in [0.15, 0.2) is 11.6 Å². The van der Waals surface area contributed by atoms with Gasteiger partial charge in [-0.05, 0) is 42.8 Å². The minimum atomic E-state index is -3.90. The summed E-state index contributed by atoms with van der Waals surface area (Å²) < 4.78 is 26.9. The number of aromatic nitrogens is 2. The lowest BCUT2D eigenvalue weighted by atomic mass is 10.2. The minimum Gasteiger partial charge on any atom is -0.357 e. The number of carbonyl (C=O) groups is 1. The molecule has 0 saturated carbocycles. The van der Waals surface area contributed by atoms with E-state index in [-0.39, 0.29) is 17.3 Å². The number of carbonyl (C=O) groups excluding carboxylic acids is 1. The number of likely N-dealkylation sites (N-methyl/N-ethyl adjacent to an activating group) is 1. The molecule has 1 aliphatic heterocycles. The fraction of sp³-hybridized carbons (Fsp3) is 0.273. The van der Waals surface area contributed by atoms with Gasteiger partial charge in [-0.1, -0.05) is 12.1 Å². The van der Waals surface area contributed by atoms with Crippen LogP contribution in [-0.4, -0.2) is 62.3 Å². The molecule has 9 nitrogen and oxygen atoms in total. The van der Waals surface area contributed by atoms with Crippen LogP contribution in [0, 0.1) is 11.3 Å². The first kappa shape index (κ1) is 21.7. The van der Waals surface area contributed by atoms with Crippen molar-refractivity contribution < 1.29 is 13.2 Å². The molecule has 0 atom stereocenters. The van der Waals surface area contributed by atoms with Crippen LogP contribution in [0.15, 0.2) is 53.4 Å². The van der Waals surface area contributed by atoms with Crippen molar-refractivity contribution in [1.29, 1.82) is 5.26 Å². The van der Waals surface area contributed by atoms with Gasteiger partial charge in [0.05, 0.1) is 34.1 Å². The van der Waals surface area contributed by atoms with Gasteiger partial charge in [-0.25, -0.2) is 18.4 Å². The van der Waals surface area contributed by atoms with Gasteiger partial charge in [-0.15, -0.1) is 0 Å². The Morgan fingerprint density at radius 3 is 2.31 bits per heavy atom. The predicted molar refractivity (Wildman–Crippen MR) is 121 cm³/mol. The van der Waals surface area contributed by atoms with Crippen LogP contribution in [0.5, 0.6) is 0 Å². The molecule has 4 rings (SSSR count). The fourth-order valence-electron chi connectivity index (χ4n) is 3.58. The Morgan fingerprint density at radius 2 is 1.69 bits per heavy atom. The number of benzene rings is 2. The van der Waals surface area contributed by atoms with E-state index in [1.54, 1.807) is 0 Å². The molecule has 0 fully saturated rings. The lowest BCUT2D eigenvalue weighted by Gasteiger charge is -2.25. The Morgan fingerprint density at radius 1 is 1.06 bits per heavy atom. The van der Waals surface area contributed by atoms with E-state index in [2.05, 4.69) is 4.98 Å². The lowest BCUT2D eigenvalue weighted by molar-refractivity contribution is -0.118. The highest BCUT2D eigenvalue weighted by Crippen LogP contribution is 2.30. The molecular weight excluding hydrogens is 428 g/mol. The average molecular weight is 451 g/mol. The zero-order chi connectivity index (χ0) is 22.9. The van der Waals surface area contributed by atoms with Crippen molar-refractivity contribution in [3.8, 4) is 6.07 Å². The summed E-state index contributed by atoms with van der Waals surface area (Å²) in [5, 5.41) is 8.92. The molecule has 0 radical (unpaired) electrons. The summed E-state index contributed by atoms with van der Waals surface area (Å²) >= 11 is 0. The lowest BCUT2D eigenvalue weighted by Crippen LogP contribution is -2.42. The summed E-state index contributed by atoms with van der Waals surface area (Å²) in [6.45, 7) is 0.761. The number of fused-ring (bicyclic) bond motifs is 2. The molecular formula is C22H22N6O3S. The smallest absolute Gasteiger partial charge is 0.243 e. The van der Waals surface area contributed by atoms with Crippen molar-refractivity contribution in [2.24, 2.45) is 0 Å². The number of rotatable bonds is 4. The van der Waals surface area contributed by atoms with E-state index in [1.165, 1.54) is 36.2 Å². The maximum Gasteiger partial charge on any atom is 0.243 e. The van der Waals surface area contributed by atoms with E-state index >= 15 is 0 Å². The second kappa shape index (κ2) is 8.53. The summed E-state index contributed by atoms with van der Waals surface area (Å²) in [6, 6.07) is 15.0. The molecule has 1 aliphatic rings. The number of anilines is 2. The van der Waals surface area contributed by atoms with E-state index in [0.29, 0.717) is 42.2 Å². The SMILES string of the molecule is CN1CCCN(C(=O)CN(C)S(=O)(=O)c2ccc(C#N)cc2)c2nc3ccccc3nc21. The van der Waals surface area contributed by atoms with Gasteiger partial charge in [-0.3, -0.25) is 9.69 Å². The Balaban J connectivity index is 1.63. The molecule has 0 aliphatic carbocycles. The molecule has 0 unspecified atom stereocenters. The summed E-state index contributed by atoms with van der Waals surface area (Å²) in [5.41, 5.74) is 1.75. The molecule has 10 heteroatoms. The molecule has 0 bridgehead atoms. The first-order valence-corrected chi connectivity index (χ1v) is 11.5. The molecule has 3 aromatic rings. The number of amides is 1. The topological polar surface area (TPSA) is 110 Å². The van der Waals surface area contributed by atoms with E-state index in [0.717, 1.165) is 9.82 Å². The van der Waals surface area contributed by atoms with Crippen LogP contribution in [-0.2, 0) is 14.8 Å². The molecule has 32 heavy (non-hydrogen) atoms. The second-order valence-electron chi connectivity index (χ2n) is 7.58. The normalized spacial score (nSPS) is 14.2. The Hall–Kier alpha value is -3.55. The highest BCUT2D eigenvalue weighted by molar-refractivity contribution is 7.89. The highest BCUT2D eigenvalue weighted by atomic mass is 32.2. The maximum atomic E-state index is 13.2. The van der Waals surface area contributed by atoms with Gasteiger partial charge in [0.1, 0.15) is 0 Å². The molecule has 2 heterocycles. The predicted octanol–water partition coefficient (Wildman–Crippen LogP) is 2.00. The fourth-order valence-corrected chi connectivity index (χ4v) is 4.70. The van der Waals surface area contributed by atoms with Crippen molar-refractivity contribution in [3.63, 3.8) is 0 Å². The van der Waals surface area contributed by atoms with Gasteiger partial charge >= 0.3 is 0 Å². The monoisotopic (exact) mass is 450 g/mol. The van der Waals surface area contributed by atoms with Crippen LogP contribution in [0.4, 0.5) is 11.6 Å². The molecule has 0 spiro atoms. The zero-order valence-electron chi connectivity index (χ0n) is 17.8. The van der Waals surface area contributed by atoms with Crippen molar-refractivity contribution >= 4 is 38.6 Å². The summed E-state index contributed by atoms with van der Waals surface area (Å²) in [7, 11) is -0.636. The third-order valence-electron chi connectivity index (χ3n) is 5.38. The highest BCUT2D eigenvalue weighted by Gasteiger charge is 2.30. The Bertz CT molecular complexity index is 1320. The van der Waals surface area contributed by atoms with Gasteiger partial charge in [0.25, 0.3) is 0 Å². The first-order chi connectivity index (χ1) is 15.3. The van der Waals surface area contributed by atoms with Crippen LogP contribution in [0.25, 0.3) is 11.0 Å². The zero-order valence-corrected chi connectivity index (χ0v) is 18.6. The number of hydrogen-bond acceptors (Lipinski definition) is 7. The quantitative estimate of drug-likeness (QED) is 0.598. The molecule has 2 aromatic carbocycles. The summed E-state index contributed by atoms with van der Waals surface area (Å²) in [4.78, 5) is 26.1. The van der Waals surface area contributed by atoms with Crippen molar-refractivity contribution in [2.45, 2.75) is 11.3 Å². The third-order valence-corrected chi connectivity index (χ3v) is 7.20. The largest absolute Gasteiger partial charge is 0.357 e. The van der Waals surface area contributed by atoms with E-state index in [9.17, 15) is 13.2 Å². The number of nitrogens with zero attached hydrogens (tertiary/aromatic N) is 6. The van der Waals surface area contributed by atoms with Gasteiger partial charge in [0.2, 0.25) is 15.9 Å². The molecule has 164 valence electrons. The van der Waals surface area contributed by atoms with Gasteiger partial charge < -0.3 is 4.90 Å². The van der Waals surface area contributed by atoms with E-state index in [1.807, 2.05) is 42.3 Å². The second-order valence-corrected chi connectivity index (χ2v) is 9.62. The Labute approximate surface area is 186 Å². The van der Waals surface area contributed by atoms with Crippen LogP contribution in [0.2, 0.25) is 0 Å². The van der Waals surface area contributed by atoms with Crippen molar-refractivity contribution in [2.75, 3.05) is 43.5 Å². The molecule has 1 aromatic heterocycles. The minimum absolute atomic E-state index is 0.0218. The van der Waals surface area contributed by atoms with E-state index in [4.69, 9.17) is 10.2 Å². The van der Waals surface area contributed by atoms with Gasteiger partial charge in [-0.2, -0.15) is 9.57 Å².